The molecule has 5 heteroatoms. The third kappa shape index (κ3) is 3.97. The monoisotopic (exact) mass is 663 g/mol. The van der Waals surface area contributed by atoms with E-state index >= 15 is 0 Å². The molecule has 36 heavy (non-hydrogen) atoms. The van der Waals surface area contributed by atoms with E-state index in [0.29, 0.717) is 0 Å². The van der Waals surface area contributed by atoms with Crippen LogP contribution in [-0.4, -0.2) is 20.5 Å². The van der Waals surface area contributed by atoms with Gasteiger partial charge in [-0.05, 0) is 0 Å². The quantitative estimate of drug-likeness (QED) is 0.217. The molecule has 0 amide bonds. The average molecular weight is 664 g/mol. The second-order valence-corrected chi connectivity index (χ2v) is 12.5. The molecule has 1 unspecified atom stereocenters. The average Bonchev–Trinajstić information content (AvgIpc) is 3.16. The van der Waals surface area contributed by atoms with Gasteiger partial charge in [-0.2, -0.15) is 0 Å². The van der Waals surface area contributed by atoms with Crippen LogP contribution in [0.5, 0.6) is 0 Å². The molecule has 0 saturated heterocycles. The van der Waals surface area contributed by atoms with Gasteiger partial charge in [0.25, 0.3) is 0 Å². The summed E-state index contributed by atoms with van der Waals surface area (Å²) in [6.07, 6.45) is 3.78. The predicted octanol–water partition coefficient (Wildman–Crippen LogP) is 6.03. The molecule has 0 N–H and O–H groups in total. The van der Waals surface area contributed by atoms with Crippen LogP contribution in [0.2, 0.25) is 0 Å². The second-order valence-electron chi connectivity index (χ2n) is 11.3. The first-order valence-electron chi connectivity index (χ1n) is 12.7. The van der Waals surface area contributed by atoms with Crippen molar-refractivity contribution in [1.29, 1.82) is 0 Å². The van der Waals surface area contributed by atoms with Crippen LogP contribution in [0.4, 0.5) is 5.82 Å². The van der Waals surface area contributed by atoms with Gasteiger partial charge in [0.1, 0.15) is 0 Å². The number of anilines is 1. The minimum atomic E-state index is -0.156. The van der Waals surface area contributed by atoms with Crippen LogP contribution in [0.15, 0.2) is 47.7 Å². The van der Waals surface area contributed by atoms with E-state index < -0.39 is 0 Å². The van der Waals surface area contributed by atoms with Gasteiger partial charge in [0.15, 0.2) is 0 Å². The summed E-state index contributed by atoms with van der Waals surface area (Å²) in [5, 5.41) is 0. The van der Waals surface area contributed by atoms with Gasteiger partial charge in [-0.15, -0.1) is 0 Å². The van der Waals surface area contributed by atoms with Crippen LogP contribution >= 0.6 is 0 Å². The zero-order chi connectivity index (χ0) is 26.7. The normalized spacial score (nSPS) is 21.6. The van der Waals surface area contributed by atoms with E-state index in [9.17, 15) is 0 Å². The summed E-state index contributed by atoms with van der Waals surface area (Å²) in [5.74, 6) is 2.22. The number of hydrogen-bond donors (Lipinski definition) is 0. The van der Waals surface area contributed by atoms with Crippen molar-refractivity contribution in [3.05, 3.63) is 82.1 Å². The molecular weight excluding hydrogens is 623 g/mol. The summed E-state index contributed by atoms with van der Waals surface area (Å²) in [4.78, 5) is 7.48. The fourth-order valence-corrected chi connectivity index (χ4v) is 6.51. The zero-order valence-corrected chi connectivity index (χ0v) is 25.9. The summed E-state index contributed by atoms with van der Waals surface area (Å²) in [6, 6.07) is 12.9. The van der Waals surface area contributed by atoms with Crippen molar-refractivity contribution in [2.45, 2.75) is 73.6 Å². The molecule has 0 fully saturated rings. The fraction of sp³-hybridized carbons (Fsp3) is 0.452. The van der Waals surface area contributed by atoms with Crippen molar-refractivity contribution < 1.29 is 23.9 Å². The van der Waals surface area contributed by atoms with Gasteiger partial charge >= 0.3 is 229 Å². The van der Waals surface area contributed by atoms with Crippen LogP contribution < -0.4 is 9.47 Å². The summed E-state index contributed by atoms with van der Waals surface area (Å²) >= 11 is 2.57. The summed E-state index contributed by atoms with van der Waals surface area (Å²) in [5.41, 5.74) is 8.32. The molecule has 6 bridgehead atoms. The SMILES string of the molecule is C/C1=C(\C)N(C)c2cccc([n+]2C)C(C)c2cccc(n2)-n2[c-]c(c(C)c2C)C(C)(C)C(C)(C)[C]1=[Pt]. The molecule has 4 nitrogen and oxygen atoms in total. The van der Waals surface area contributed by atoms with Crippen molar-refractivity contribution >= 4 is 9.72 Å². The van der Waals surface area contributed by atoms with Crippen molar-refractivity contribution in [2.24, 2.45) is 12.5 Å². The molecule has 0 spiro atoms. The van der Waals surface area contributed by atoms with Crippen LogP contribution in [0.1, 0.15) is 82.6 Å². The van der Waals surface area contributed by atoms with Crippen LogP contribution in [-0.2, 0) is 31.8 Å². The minimum absolute atomic E-state index is 0.120. The van der Waals surface area contributed by atoms with Crippen LogP contribution in [0.3, 0.4) is 0 Å². The molecule has 194 valence electrons. The molecule has 1 aliphatic rings. The third-order valence-corrected chi connectivity index (χ3v) is 11.3. The van der Waals surface area contributed by atoms with Gasteiger partial charge < -0.3 is 0 Å². The first-order chi connectivity index (χ1) is 16.7. The first kappa shape index (κ1) is 26.7. The molecule has 0 saturated carbocycles. The Bertz CT molecular complexity index is 1390. The molecule has 1 aliphatic heterocycles. The molecule has 0 aromatic carbocycles. The third-order valence-electron chi connectivity index (χ3n) is 8.99. The topological polar surface area (TPSA) is 24.9 Å². The van der Waals surface area contributed by atoms with Gasteiger partial charge in [-0.3, -0.25) is 0 Å². The van der Waals surface area contributed by atoms with Crippen molar-refractivity contribution in [2.75, 3.05) is 11.9 Å². The van der Waals surface area contributed by atoms with E-state index in [0.717, 1.165) is 17.3 Å². The Morgan fingerprint density at radius 3 is 2.28 bits per heavy atom. The molecule has 4 heterocycles. The molecule has 3 aromatic heterocycles. The Labute approximate surface area is 228 Å². The summed E-state index contributed by atoms with van der Waals surface area (Å²) in [6.45, 7) is 20.6. The number of fused-ring (bicyclic) bond motifs is 7. The molecule has 4 rings (SSSR count). The van der Waals surface area contributed by atoms with E-state index in [1.807, 2.05) is 0 Å². The van der Waals surface area contributed by atoms with E-state index in [1.165, 1.54) is 37.7 Å². The maximum absolute atomic E-state index is 5.16. The Morgan fingerprint density at radius 1 is 0.972 bits per heavy atom. The number of allylic oxidation sites excluding steroid dienone is 2. The van der Waals surface area contributed by atoms with Gasteiger partial charge in [0.2, 0.25) is 0 Å². The fourth-order valence-electron chi connectivity index (χ4n) is 5.39. The summed E-state index contributed by atoms with van der Waals surface area (Å²) in [7, 11) is 4.34. The molecule has 3 aromatic rings. The van der Waals surface area contributed by atoms with Crippen molar-refractivity contribution in [3.8, 4) is 5.82 Å². The Kier molecular flexibility index (Phi) is 6.84. The van der Waals surface area contributed by atoms with Crippen molar-refractivity contribution in [3.63, 3.8) is 0 Å². The zero-order valence-electron chi connectivity index (χ0n) is 23.6. The number of aromatic nitrogens is 3. The Morgan fingerprint density at radius 2 is 1.61 bits per heavy atom. The van der Waals surface area contributed by atoms with Gasteiger partial charge in [0, 0.05) is 0 Å². The van der Waals surface area contributed by atoms with Gasteiger partial charge in [-0.1, -0.05) is 0 Å². The maximum atomic E-state index is 5.16. The van der Waals surface area contributed by atoms with Gasteiger partial charge in [0.05, 0.1) is 0 Å². The standard InChI is InChI=1S/C31H40N4.Pt/c1-20-18-30(6,7)31(8,9)25-19-35(24(5)21(25)2)28-16-12-14-26(32-28)22(3)27-15-13-17-29(34(27)11)33(10)23(20)4;/h12-17,22H,1-11H3;/b23-20-;. The first-order valence-corrected chi connectivity index (χ1v) is 13.8. The van der Waals surface area contributed by atoms with E-state index in [1.54, 1.807) is 0 Å². The number of rotatable bonds is 0. The van der Waals surface area contributed by atoms with Gasteiger partial charge in [-0.25, -0.2) is 0 Å². The Hall–Kier alpha value is -2.32. The van der Waals surface area contributed by atoms with Crippen LogP contribution in [0.25, 0.3) is 5.82 Å². The molecule has 1 atom stereocenters. The number of pyridine rings is 2. The van der Waals surface area contributed by atoms with E-state index in [-0.39, 0.29) is 16.7 Å². The number of hydrogen-bond acceptors (Lipinski definition) is 2. The second kappa shape index (κ2) is 9.21. The van der Waals surface area contributed by atoms with Crippen LogP contribution in [0, 0.1) is 25.5 Å². The molecule has 0 aliphatic carbocycles. The molecular formula is C31H40N4Pt. The summed E-state index contributed by atoms with van der Waals surface area (Å²) < 4.78 is 5.84. The van der Waals surface area contributed by atoms with E-state index in [4.69, 9.17) is 4.98 Å². The Balaban J connectivity index is 2.08. The number of nitrogens with zero attached hydrogens (tertiary/aromatic N) is 4. The molecule has 0 radical (unpaired) electrons. The predicted molar refractivity (Wildman–Crippen MR) is 146 cm³/mol. The van der Waals surface area contributed by atoms with Crippen molar-refractivity contribution in [1.82, 2.24) is 9.55 Å². The van der Waals surface area contributed by atoms with E-state index in [2.05, 4.69) is 152 Å².